The Bertz CT molecular complexity index is 1790. The molecule has 1 atom stereocenters. The van der Waals surface area contributed by atoms with Gasteiger partial charge in [0.25, 0.3) is 5.91 Å². The number of hydrogen-bond acceptors (Lipinski definition) is 7. The van der Waals surface area contributed by atoms with Gasteiger partial charge in [-0.15, -0.1) is 0 Å². The van der Waals surface area contributed by atoms with Crippen LogP contribution in [0.2, 0.25) is 0 Å². The van der Waals surface area contributed by atoms with Gasteiger partial charge in [-0.3, -0.25) is 24.6 Å². The lowest BCUT2D eigenvalue weighted by Gasteiger charge is -2.36. The van der Waals surface area contributed by atoms with Gasteiger partial charge in [0.2, 0.25) is 11.8 Å². The number of benzene rings is 2. The Morgan fingerprint density at radius 3 is 2.44 bits per heavy atom. The maximum atomic E-state index is 13.1. The Kier molecular flexibility index (Phi) is 13.2. The second kappa shape index (κ2) is 18.2. The van der Waals surface area contributed by atoms with Crippen LogP contribution in [0.25, 0.3) is 5.57 Å². The summed E-state index contributed by atoms with van der Waals surface area (Å²) in [7, 11) is 0. The number of fused-ring (bicyclic) bond motifs is 1. The molecule has 272 valence electrons. The van der Waals surface area contributed by atoms with E-state index < -0.39 is 11.9 Å². The minimum Gasteiger partial charge on any atom is -0.508 e. The first kappa shape index (κ1) is 37.8. The number of phenols is 1. The van der Waals surface area contributed by atoms with Crippen molar-refractivity contribution in [3.05, 3.63) is 138 Å². The van der Waals surface area contributed by atoms with Crippen molar-refractivity contribution in [2.75, 3.05) is 44.6 Å². The summed E-state index contributed by atoms with van der Waals surface area (Å²) in [4.78, 5) is 43.4. The van der Waals surface area contributed by atoms with Crippen molar-refractivity contribution in [1.82, 2.24) is 20.0 Å². The van der Waals surface area contributed by atoms with E-state index in [0.29, 0.717) is 18.5 Å². The summed E-state index contributed by atoms with van der Waals surface area (Å²) in [6, 6.07) is 12.5. The fraction of sp³-hybridized carbons (Fsp3) is 0.326. The predicted octanol–water partition coefficient (Wildman–Crippen LogP) is 6.75. The van der Waals surface area contributed by atoms with Crippen LogP contribution in [0.4, 0.5) is 5.69 Å². The molecule has 3 heterocycles. The minimum absolute atomic E-state index is 0.155. The molecule has 5 rings (SSSR count). The first-order valence-corrected chi connectivity index (χ1v) is 18.2. The number of carbonyl (C=O) groups excluding carboxylic acids is 3. The van der Waals surface area contributed by atoms with E-state index in [1.165, 1.54) is 0 Å². The number of rotatable bonds is 16. The summed E-state index contributed by atoms with van der Waals surface area (Å²) in [5.74, 6) is -0.599. The third kappa shape index (κ3) is 9.67. The number of piperazine rings is 1. The van der Waals surface area contributed by atoms with Crippen molar-refractivity contribution in [3.8, 4) is 5.75 Å². The van der Waals surface area contributed by atoms with Gasteiger partial charge in [-0.25, -0.2) is 0 Å². The zero-order chi connectivity index (χ0) is 37.0. The summed E-state index contributed by atoms with van der Waals surface area (Å²) in [6.07, 6.45) is 17.3. The van der Waals surface area contributed by atoms with Crippen LogP contribution >= 0.6 is 0 Å². The highest BCUT2D eigenvalue weighted by Crippen LogP contribution is 2.32. The van der Waals surface area contributed by atoms with E-state index >= 15 is 0 Å². The van der Waals surface area contributed by atoms with E-state index in [9.17, 15) is 19.5 Å². The molecule has 0 spiro atoms. The minimum atomic E-state index is -0.601. The number of aromatic hydroxyl groups is 1. The van der Waals surface area contributed by atoms with Gasteiger partial charge in [0, 0.05) is 62.6 Å². The lowest BCUT2D eigenvalue weighted by molar-refractivity contribution is -0.136. The Morgan fingerprint density at radius 1 is 0.962 bits per heavy atom. The lowest BCUT2D eigenvalue weighted by Crippen LogP contribution is -2.52. The normalized spacial score (nSPS) is 18.6. The average molecular weight is 702 g/mol. The monoisotopic (exact) mass is 701 g/mol. The maximum absolute atomic E-state index is 13.1. The number of imide groups is 1. The average Bonchev–Trinajstić information content (AvgIpc) is 3.47. The molecule has 52 heavy (non-hydrogen) atoms. The largest absolute Gasteiger partial charge is 0.508 e. The molecule has 3 aliphatic heterocycles. The van der Waals surface area contributed by atoms with Gasteiger partial charge in [-0.1, -0.05) is 81.3 Å². The molecule has 3 aliphatic rings. The van der Waals surface area contributed by atoms with Crippen LogP contribution in [0.3, 0.4) is 0 Å². The van der Waals surface area contributed by atoms with Crippen LogP contribution in [0.15, 0.2) is 122 Å². The standard InChI is InChI=1S/C43H51N5O4/c1-5-7-8-9-12-33(6-2)41(34-16-19-37(49)20-17-34)31(3)13-14-32(4)47-27-25-46(26-28-47)24-11-10-23-44-36-18-15-35-30-48(43(52)38(35)29-36)39-21-22-40(50)45-42(39)51/h5,7-9,12-20,29,39,44,49H,1,3-4,6,10-11,21-28,30H2,2H3,(H,45,50,51)/b8-7-,12-9+,14-13-,41-33+. The summed E-state index contributed by atoms with van der Waals surface area (Å²) in [5.41, 5.74) is 7.45. The number of anilines is 1. The summed E-state index contributed by atoms with van der Waals surface area (Å²) in [6.45, 7) is 20.6. The fourth-order valence-electron chi connectivity index (χ4n) is 6.90. The summed E-state index contributed by atoms with van der Waals surface area (Å²) in [5, 5.41) is 15.7. The van der Waals surface area contributed by atoms with Crippen molar-refractivity contribution in [2.45, 2.75) is 51.6 Å². The van der Waals surface area contributed by atoms with Gasteiger partial charge < -0.3 is 20.2 Å². The van der Waals surface area contributed by atoms with E-state index in [1.807, 2.05) is 54.6 Å². The van der Waals surface area contributed by atoms with Crippen molar-refractivity contribution < 1.29 is 19.5 Å². The van der Waals surface area contributed by atoms with Gasteiger partial charge in [0.05, 0.1) is 0 Å². The Morgan fingerprint density at radius 2 is 1.73 bits per heavy atom. The zero-order valence-electron chi connectivity index (χ0n) is 30.3. The molecule has 0 aliphatic carbocycles. The number of phenolic OH excluding ortho intramolecular Hbond substituents is 1. The van der Waals surface area contributed by atoms with Gasteiger partial charge in [-0.2, -0.15) is 0 Å². The molecular formula is C43H51N5O4. The van der Waals surface area contributed by atoms with Crippen LogP contribution < -0.4 is 10.6 Å². The van der Waals surface area contributed by atoms with Crippen LogP contribution in [-0.2, 0) is 16.1 Å². The second-order valence-electron chi connectivity index (χ2n) is 13.4. The molecule has 9 nitrogen and oxygen atoms in total. The third-order valence-electron chi connectivity index (χ3n) is 9.85. The first-order valence-electron chi connectivity index (χ1n) is 18.2. The van der Waals surface area contributed by atoms with Gasteiger partial charge in [0.1, 0.15) is 11.8 Å². The van der Waals surface area contributed by atoms with Crippen LogP contribution in [0, 0.1) is 0 Å². The number of unbranched alkanes of at least 4 members (excludes halogenated alkanes) is 1. The highest BCUT2D eigenvalue weighted by atomic mass is 16.3. The fourth-order valence-corrected chi connectivity index (χ4v) is 6.90. The number of piperidine rings is 1. The topological polar surface area (TPSA) is 105 Å². The predicted molar refractivity (Wildman–Crippen MR) is 209 cm³/mol. The van der Waals surface area contributed by atoms with E-state index in [0.717, 1.165) is 97.8 Å². The van der Waals surface area contributed by atoms with Crippen LogP contribution in [0.5, 0.6) is 5.75 Å². The lowest BCUT2D eigenvalue weighted by atomic mass is 9.91. The molecular weight excluding hydrogens is 651 g/mol. The molecule has 0 saturated carbocycles. The van der Waals surface area contributed by atoms with E-state index in [4.69, 9.17) is 0 Å². The smallest absolute Gasteiger partial charge is 0.255 e. The molecule has 2 fully saturated rings. The Balaban J connectivity index is 1.05. The van der Waals surface area contributed by atoms with E-state index in [1.54, 1.807) is 23.1 Å². The number of hydrogen-bond donors (Lipinski definition) is 3. The molecule has 0 radical (unpaired) electrons. The first-order chi connectivity index (χ1) is 25.2. The molecule has 3 N–H and O–H groups in total. The third-order valence-corrected chi connectivity index (χ3v) is 9.85. The van der Waals surface area contributed by atoms with Gasteiger partial charge >= 0.3 is 0 Å². The highest BCUT2D eigenvalue weighted by molar-refractivity contribution is 6.05. The number of nitrogens with zero attached hydrogens (tertiary/aromatic N) is 3. The van der Waals surface area contributed by atoms with Crippen molar-refractivity contribution in [1.29, 1.82) is 0 Å². The highest BCUT2D eigenvalue weighted by Gasteiger charge is 2.39. The number of allylic oxidation sites excluding steroid dienone is 10. The van der Waals surface area contributed by atoms with Gasteiger partial charge in [-0.05, 0) is 90.4 Å². The van der Waals surface area contributed by atoms with E-state index in [-0.39, 0.29) is 24.0 Å². The van der Waals surface area contributed by atoms with Crippen molar-refractivity contribution in [2.24, 2.45) is 0 Å². The molecule has 2 aromatic rings. The van der Waals surface area contributed by atoms with Crippen LogP contribution in [-0.4, -0.2) is 82.8 Å². The second-order valence-corrected chi connectivity index (χ2v) is 13.4. The number of nitrogens with one attached hydrogen (secondary N) is 2. The quantitative estimate of drug-likeness (QED) is 0.101. The van der Waals surface area contributed by atoms with Crippen molar-refractivity contribution >= 4 is 29.0 Å². The molecule has 0 aromatic heterocycles. The SMILES string of the molecule is C=C\C=C/C=C/C(CC)=C(\C(=C)/C=C\C(=C)N1CCN(CCCCNc2ccc3c(c2)C(=O)N(C2CCC(=O)NC2=O)C3)CC1)c1ccc(O)cc1. The summed E-state index contributed by atoms with van der Waals surface area (Å²) >= 11 is 0. The number of carbonyl (C=O) groups is 3. The van der Waals surface area contributed by atoms with Gasteiger partial charge in [0.15, 0.2) is 0 Å². The zero-order valence-corrected chi connectivity index (χ0v) is 30.3. The summed E-state index contributed by atoms with van der Waals surface area (Å²) < 4.78 is 0. The molecule has 3 amide bonds. The molecule has 9 heteroatoms. The molecule has 2 saturated heterocycles. The van der Waals surface area contributed by atoms with Crippen LogP contribution in [0.1, 0.15) is 60.5 Å². The molecule has 2 aromatic carbocycles. The van der Waals surface area contributed by atoms with E-state index in [2.05, 4.69) is 59.2 Å². The van der Waals surface area contributed by atoms with Crippen molar-refractivity contribution in [3.63, 3.8) is 0 Å². The Hall–Kier alpha value is -5.41. The maximum Gasteiger partial charge on any atom is 0.255 e. The molecule has 1 unspecified atom stereocenters. The number of amides is 3. The molecule has 0 bridgehead atoms. The Labute approximate surface area is 308 Å².